The molecule has 2 aromatic heterocycles. The Labute approximate surface area is 175 Å². The Bertz CT molecular complexity index is 1120. The number of amides is 1. The molecule has 0 bridgehead atoms. The van der Waals surface area contributed by atoms with Gasteiger partial charge in [0.25, 0.3) is 5.91 Å². The summed E-state index contributed by atoms with van der Waals surface area (Å²) >= 11 is 0. The van der Waals surface area contributed by atoms with Crippen LogP contribution >= 0.6 is 0 Å². The van der Waals surface area contributed by atoms with E-state index in [1.807, 2.05) is 48.5 Å². The molecule has 0 saturated carbocycles. The van der Waals surface area contributed by atoms with Gasteiger partial charge in [-0.25, -0.2) is 4.98 Å². The van der Waals surface area contributed by atoms with E-state index in [0.29, 0.717) is 18.8 Å². The van der Waals surface area contributed by atoms with Crippen LogP contribution in [0.5, 0.6) is 5.75 Å². The normalized spacial score (nSPS) is 10.8. The van der Waals surface area contributed by atoms with Gasteiger partial charge in [-0.05, 0) is 49.7 Å². The Balaban J connectivity index is 1.42. The number of carbonyl (C=O) groups excluding carboxylic acids is 1. The second-order valence-electron chi connectivity index (χ2n) is 7.08. The second kappa shape index (κ2) is 9.22. The SMILES string of the molecule is Cc1ccc(OCCCn2c(CNC(=O)c3ccccn3)nc3ccccc32)cc1. The number of imidazole rings is 1. The molecule has 2 aromatic carbocycles. The lowest BCUT2D eigenvalue weighted by molar-refractivity contribution is 0.0944. The molecule has 1 N–H and O–H groups in total. The molecule has 30 heavy (non-hydrogen) atoms. The number of para-hydroxylation sites is 2. The van der Waals surface area contributed by atoms with Crippen LogP contribution in [0.4, 0.5) is 0 Å². The van der Waals surface area contributed by atoms with Gasteiger partial charge in [0.2, 0.25) is 0 Å². The van der Waals surface area contributed by atoms with Crippen LogP contribution in [-0.4, -0.2) is 27.0 Å². The molecule has 1 amide bonds. The topological polar surface area (TPSA) is 69.0 Å². The van der Waals surface area contributed by atoms with E-state index in [4.69, 9.17) is 9.72 Å². The maximum absolute atomic E-state index is 12.4. The first kappa shape index (κ1) is 19.6. The predicted molar refractivity (Wildman–Crippen MR) is 116 cm³/mol. The van der Waals surface area contributed by atoms with Crippen molar-refractivity contribution < 1.29 is 9.53 Å². The average Bonchev–Trinajstić information content (AvgIpc) is 3.14. The van der Waals surface area contributed by atoms with E-state index in [0.717, 1.165) is 35.6 Å². The number of fused-ring (bicyclic) bond motifs is 1. The summed E-state index contributed by atoms with van der Waals surface area (Å²) in [6, 6.07) is 21.3. The molecule has 4 aromatic rings. The Kier molecular flexibility index (Phi) is 6.03. The first-order chi connectivity index (χ1) is 14.7. The van der Waals surface area contributed by atoms with Gasteiger partial charge in [0.15, 0.2) is 0 Å². The summed E-state index contributed by atoms with van der Waals surface area (Å²) in [6.07, 6.45) is 2.44. The molecule has 0 aliphatic heterocycles. The Morgan fingerprint density at radius 1 is 1.03 bits per heavy atom. The van der Waals surface area contributed by atoms with Crippen molar-refractivity contribution in [3.63, 3.8) is 0 Å². The molecule has 0 unspecified atom stereocenters. The highest BCUT2D eigenvalue weighted by molar-refractivity contribution is 5.92. The smallest absolute Gasteiger partial charge is 0.270 e. The van der Waals surface area contributed by atoms with Gasteiger partial charge in [-0.3, -0.25) is 9.78 Å². The molecule has 0 radical (unpaired) electrons. The molecular weight excluding hydrogens is 376 g/mol. The monoisotopic (exact) mass is 400 g/mol. The number of carbonyl (C=O) groups is 1. The maximum atomic E-state index is 12.4. The molecule has 2 heterocycles. The van der Waals surface area contributed by atoms with E-state index in [1.165, 1.54) is 5.56 Å². The van der Waals surface area contributed by atoms with E-state index >= 15 is 0 Å². The molecule has 0 atom stereocenters. The van der Waals surface area contributed by atoms with Crippen molar-refractivity contribution in [2.24, 2.45) is 0 Å². The number of nitrogens with zero attached hydrogens (tertiary/aromatic N) is 3. The van der Waals surface area contributed by atoms with E-state index in [1.54, 1.807) is 24.4 Å². The molecule has 0 aliphatic carbocycles. The zero-order valence-corrected chi connectivity index (χ0v) is 16.9. The number of hydrogen-bond acceptors (Lipinski definition) is 4. The number of nitrogens with one attached hydrogen (secondary N) is 1. The summed E-state index contributed by atoms with van der Waals surface area (Å²) in [5.41, 5.74) is 3.57. The molecule has 6 heteroatoms. The van der Waals surface area contributed by atoms with Crippen molar-refractivity contribution in [2.45, 2.75) is 26.4 Å². The van der Waals surface area contributed by atoms with Gasteiger partial charge in [-0.15, -0.1) is 0 Å². The maximum Gasteiger partial charge on any atom is 0.270 e. The van der Waals surface area contributed by atoms with E-state index in [9.17, 15) is 4.79 Å². The molecule has 6 nitrogen and oxygen atoms in total. The lowest BCUT2D eigenvalue weighted by atomic mass is 10.2. The van der Waals surface area contributed by atoms with Gasteiger partial charge < -0.3 is 14.6 Å². The van der Waals surface area contributed by atoms with Gasteiger partial charge in [0.1, 0.15) is 17.3 Å². The highest BCUT2D eigenvalue weighted by atomic mass is 16.5. The minimum Gasteiger partial charge on any atom is -0.494 e. The quantitative estimate of drug-likeness (QED) is 0.451. The molecule has 4 rings (SSSR count). The van der Waals surface area contributed by atoms with Crippen molar-refractivity contribution in [2.75, 3.05) is 6.61 Å². The highest BCUT2D eigenvalue weighted by Crippen LogP contribution is 2.17. The van der Waals surface area contributed by atoms with Crippen LogP contribution in [0.2, 0.25) is 0 Å². The summed E-state index contributed by atoms with van der Waals surface area (Å²) in [6.45, 7) is 3.75. The highest BCUT2D eigenvalue weighted by Gasteiger charge is 2.12. The predicted octanol–water partition coefficient (Wildman–Crippen LogP) is 4.14. The number of aryl methyl sites for hydroxylation is 2. The molecule has 152 valence electrons. The number of rotatable bonds is 8. The molecule has 0 fully saturated rings. The fraction of sp³-hybridized carbons (Fsp3) is 0.208. The number of ether oxygens (including phenoxy) is 1. The van der Waals surface area contributed by atoms with Gasteiger partial charge in [0.05, 0.1) is 24.2 Å². The van der Waals surface area contributed by atoms with Crippen LogP contribution in [0.3, 0.4) is 0 Å². The minimum absolute atomic E-state index is 0.211. The largest absolute Gasteiger partial charge is 0.494 e. The fourth-order valence-electron chi connectivity index (χ4n) is 3.30. The Morgan fingerprint density at radius 3 is 2.63 bits per heavy atom. The molecule has 0 spiro atoms. The van der Waals surface area contributed by atoms with Crippen LogP contribution in [0, 0.1) is 6.92 Å². The van der Waals surface area contributed by atoms with Crippen molar-refractivity contribution in [3.8, 4) is 5.75 Å². The van der Waals surface area contributed by atoms with Crippen molar-refractivity contribution >= 4 is 16.9 Å². The van der Waals surface area contributed by atoms with E-state index in [2.05, 4.69) is 21.8 Å². The fourth-order valence-corrected chi connectivity index (χ4v) is 3.30. The van der Waals surface area contributed by atoms with Crippen molar-refractivity contribution in [1.82, 2.24) is 19.9 Å². The minimum atomic E-state index is -0.211. The lowest BCUT2D eigenvalue weighted by Gasteiger charge is -2.11. The second-order valence-corrected chi connectivity index (χ2v) is 7.08. The third kappa shape index (κ3) is 4.66. The van der Waals surface area contributed by atoms with Gasteiger partial charge >= 0.3 is 0 Å². The first-order valence-corrected chi connectivity index (χ1v) is 10.0. The van der Waals surface area contributed by atoms with Crippen LogP contribution < -0.4 is 10.1 Å². The molecule has 0 saturated heterocycles. The number of pyridine rings is 1. The summed E-state index contributed by atoms with van der Waals surface area (Å²) in [5.74, 6) is 1.48. The van der Waals surface area contributed by atoms with E-state index in [-0.39, 0.29) is 5.91 Å². The third-order valence-electron chi connectivity index (χ3n) is 4.85. The molecular formula is C24H24N4O2. The third-order valence-corrected chi connectivity index (χ3v) is 4.85. The van der Waals surface area contributed by atoms with E-state index < -0.39 is 0 Å². The Morgan fingerprint density at radius 2 is 1.83 bits per heavy atom. The van der Waals surface area contributed by atoms with Crippen LogP contribution in [0.25, 0.3) is 11.0 Å². The van der Waals surface area contributed by atoms with Crippen LogP contribution in [0.15, 0.2) is 72.9 Å². The first-order valence-electron chi connectivity index (χ1n) is 10.0. The number of hydrogen-bond donors (Lipinski definition) is 1. The number of benzene rings is 2. The zero-order valence-electron chi connectivity index (χ0n) is 16.9. The van der Waals surface area contributed by atoms with Gasteiger partial charge in [-0.1, -0.05) is 35.9 Å². The standard InChI is InChI=1S/C24H24N4O2/c1-18-10-12-19(13-11-18)30-16-6-15-28-22-9-3-2-7-20(22)27-23(28)17-26-24(29)21-8-4-5-14-25-21/h2-5,7-14H,6,15-17H2,1H3,(H,26,29). The average molecular weight is 400 g/mol. The summed E-state index contributed by atoms with van der Waals surface area (Å²) in [7, 11) is 0. The number of aromatic nitrogens is 3. The van der Waals surface area contributed by atoms with Crippen molar-refractivity contribution in [1.29, 1.82) is 0 Å². The van der Waals surface area contributed by atoms with Crippen molar-refractivity contribution in [3.05, 3.63) is 90.0 Å². The summed E-state index contributed by atoms with van der Waals surface area (Å²) in [4.78, 5) is 21.2. The lowest BCUT2D eigenvalue weighted by Crippen LogP contribution is -2.25. The van der Waals surface area contributed by atoms with Crippen LogP contribution in [-0.2, 0) is 13.1 Å². The van der Waals surface area contributed by atoms with Gasteiger partial charge in [0, 0.05) is 12.7 Å². The Hall–Kier alpha value is -3.67. The van der Waals surface area contributed by atoms with Crippen LogP contribution in [0.1, 0.15) is 28.3 Å². The molecule has 0 aliphatic rings. The zero-order chi connectivity index (χ0) is 20.8. The summed E-state index contributed by atoms with van der Waals surface area (Å²) < 4.78 is 8.00. The summed E-state index contributed by atoms with van der Waals surface area (Å²) in [5, 5.41) is 2.92. The van der Waals surface area contributed by atoms with Gasteiger partial charge in [-0.2, -0.15) is 0 Å².